The summed E-state index contributed by atoms with van der Waals surface area (Å²) in [7, 11) is 0. The molecule has 1 aliphatic heterocycles. The number of fused-ring (bicyclic) bond motifs is 1. The summed E-state index contributed by atoms with van der Waals surface area (Å²) in [4.78, 5) is 15.6. The maximum absolute atomic E-state index is 12.2. The molecule has 0 saturated carbocycles. The Balaban J connectivity index is 1.75. The molecule has 3 rings (SSSR count). The zero-order chi connectivity index (χ0) is 13.2. The van der Waals surface area contributed by atoms with Gasteiger partial charge in [-0.15, -0.1) is 11.3 Å². The molecule has 2 aromatic heterocycles. The Labute approximate surface area is 116 Å². The summed E-state index contributed by atoms with van der Waals surface area (Å²) in [6.07, 6.45) is 5.87. The Morgan fingerprint density at radius 2 is 2.42 bits per heavy atom. The van der Waals surface area contributed by atoms with Crippen molar-refractivity contribution in [3.63, 3.8) is 0 Å². The second-order valence-corrected chi connectivity index (χ2v) is 5.61. The molecule has 4 heteroatoms. The van der Waals surface area contributed by atoms with Gasteiger partial charge in [0.1, 0.15) is 5.76 Å². The summed E-state index contributed by atoms with van der Waals surface area (Å²) in [5.74, 6) is 0.745. The van der Waals surface area contributed by atoms with Gasteiger partial charge in [-0.3, -0.25) is 4.79 Å². The fourth-order valence-electron chi connectivity index (χ4n) is 2.45. The van der Waals surface area contributed by atoms with Gasteiger partial charge in [0.2, 0.25) is 5.91 Å². The zero-order valence-corrected chi connectivity index (χ0v) is 11.5. The SMILES string of the molecule is C[C@H]1c2ccsc2CCN1C(=O)/C=C/c1ccco1. The standard InChI is InChI=1S/C15H15NO2S/c1-11-13-7-10-19-14(13)6-8-16(11)15(17)5-4-12-3-2-9-18-12/h2-5,7,9-11H,6,8H2,1H3/b5-4+/t11-/m0/s1. The van der Waals surface area contributed by atoms with Crippen molar-refractivity contribution in [2.24, 2.45) is 0 Å². The lowest BCUT2D eigenvalue weighted by Gasteiger charge is -2.32. The van der Waals surface area contributed by atoms with E-state index in [1.54, 1.807) is 29.8 Å². The molecule has 0 saturated heterocycles. The number of thiophene rings is 1. The molecule has 0 aromatic carbocycles. The quantitative estimate of drug-likeness (QED) is 0.785. The minimum Gasteiger partial charge on any atom is -0.465 e. The molecule has 1 atom stereocenters. The first-order valence-electron chi connectivity index (χ1n) is 6.34. The number of rotatable bonds is 2. The Hall–Kier alpha value is -1.81. The van der Waals surface area contributed by atoms with Gasteiger partial charge in [0, 0.05) is 17.5 Å². The van der Waals surface area contributed by atoms with Crippen LogP contribution in [-0.2, 0) is 11.2 Å². The maximum Gasteiger partial charge on any atom is 0.247 e. The van der Waals surface area contributed by atoms with Gasteiger partial charge in [-0.2, -0.15) is 0 Å². The fourth-order valence-corrected chi connectivity index (χ4v) is 3.41. The normalized spacial score (nSPS) is 18.8. The minimum absolute atomic E-state index is 0.0424. The smallest absolute Gasteiger partial charge is 0.247 e. The number of amides is 1. The van der Waals surface area contributed by atoms with E-state index in [9.17, 15) is 4.79 Å². The third-order valence-corrected chi connectivity index (χ3v) is 4.49. The predicted octanol–water partition coefficient (Wildman–Crippen LogP) is 3.50. The summed E-state index contributed by atoms with van der Waals surface area (Å²) >= 11 is 1.78. The Bertz CT molecular complexity index is 597. The maximum atomic E-state index is 12.2. The minimum atomic E-state index is 0.0424. The highest BCUT2D eigenvalue weighted by Gasteiger charge is 2.26. The average molecular weight is 273 g/mol. The van der Waals surface area contributed by atoms with Crippen molar-refractivity contribution >= 4 is 23.3 Å². The lowest BCUT2D eigenvalue weighted by Crippen LogP contribution is -2.37. The third kappa shape index (κ3) is 2.36. The molecule has 0 unspecified atom stereocenters. The number of hydrogen-bond donors (Lipinski definition) is 0. The summed E-state index contributed by atoms with van der Waals surface area (Å²) in [6, 6.07) is 5.93. The molecule has 0 fully saturated rings. The van der Waals surface area contributed by atoms with Gasteiger partial charge in [-0.25, -0.2) is 0 Å². The van der Waals surface area contributed by atoms with Crippen LogP contribution in [0.25, 0.3) is 6.08 Å². The van der Waals surface area contributed by atoms with Gasteiger partial charge in [-0.1, -0.05) is 0 Å². The molecule has 19 heavy (non-hydrogen) atoms. The molecule has 0 aliphatic carbocycles. The number of nitrogens with zero attached hydrogens (tertiary/aromatic N) is 1. The summed E-state index contributed by atoms with van der Waals surface area (Å²) in [5, 5.41) is 2.10. The molecule has 98 valence electrons. The molecule has 1 amide bonds. The van der Waals surface area contributed by atoms with E-state index in [1.165, 1.54) is 10.4 Å². The van der Waals surface area contributed by atoms with Gasteiger partial charge in [0.15, 0.2) is 0 Å². The number of carbonyl (C=O) groups is 1. The molecular weight excluding hydrogens is 258 g/mol. The second-order valence-electron chi connectivity index (χ2n) is 4.61. The second kappa shape index (κ2) is 5.05. The first-order valence-corrected chi connectivity index (χ1v) is 7.22. The van der Waals surface area contributed by atoms with Crippen LogP contribution in [0, 0.1) is 0 Å². The molecule has 0 N–H and O–H groups in total. The molecule has 0 radical (unpaired) electrons. The first-order chi connectivity index (χ1) is 9.25. The monoisotopic (exact) mass is 273 g/mol. The van der Waals surface area contributed by atoms with Gasteiger partial charge in [0.25, 0.3) is 0 Å². The van der Waals surface area contributed by atoms with E-state index in [1.807, 2.05) is 17.0 Å². The molecule has 1 aliphatic rings. The number of hydrogen-bond acceptors (Lipinski definition) is 3. The molecule has 2 aromatic rings. The van der Waals surface area contributed by atoms with E-state index < -0.39 is 0 Å². The lowest BCUT2D eigenvalue weighted by atomic mass is 10.0. The largest absolute Gasteiger partial charge is 0.465 e. The highest BCUT2D eigenvalue weighted by Crippen LogP contribution is 2.32. The van der Waals surface area contributed by atoms with Crippen molar-refractivity contribution in [3.8, 4) is 0 Å². The zero-order valence-electron chi connectivity index (χ0n) is 10.7. The van der Waals surface area contributed by atoms with Crippen molar-refractivity contribution in [1.29, 1.82) is 0 Å². The topological polar surface area (TPSA) is 33.5 Å². The Kier molecular flexibility index (Phi) is 3.25. The summed E-state index contributed by atoms with van der Waals surface area (Å²) in [6.45, 7) is 2.87. The molecule has 3 nitrogen and oxygen atoms in total. The van der Waals surface area contributed by atoms with Gasteiger partial charge in [0.05, 0.1) is 12.3 Å². The van der Waals surface area contributed by atoms with Crippen molar-refractivity contribution in [1.82, 2.24) is 4.90 Å². The van der Waals surface area contributed by atoms with E-state index >= 15 is 0 Å². The van der Waals surface area contributed by atoms with E-state index in [0.717, 1.165) is 13.0 Å². The third-order valence-electron chi connectivity index (χ3n) is 3.49. The van der Waals surface area contributed by atoms with Crippen LogP contribution in [0.15, 0.2) is 40.3 Å². The lowest BCUT2D eigenvalue weighted by molar-refractivity contribution is -0.128. The van der Waals surface area contributed by atoms with Crippen LogP contribution in [0.2, 0.25) is 0 Å². The van der Waals surface area contributed by atoms with Gasteiger partial charge in [-0.05, 0) is 48.6 Å². The van der Waals surface area contributed by atoms with Gasteiger partial charge >= 0.3 is 0 Å². The van der Waals surface area contributed by atoms with E-state index in [2.05, 4.69) is 18.4 Å². The van der Waals surface area contributed by atoms with E-state index in [4.69, 9.17) is 4.42 Å². The van der Waals surface area contributed by atoms with Gasteiger partial charge < -0.3 is 9.32 Å². The average Bonchev–Trinajstić information content (AvgIpc) is 3.07. The van der Waals surface area contributed by atoms with Crippen molar-refractivity contribution in [3.05, 3.63) is 52.1 Å². The number of carbonyl (C=O) groups excluding carboxylic acids is 1. The van der Waals surface area contributed by atoms with Crippen LogP contribution in [0.5, 0.6) is 0 Å². The van der Waals surface area contributed by atoms with Crippen LogP contribution < -0.4 is 0 Å². The van der Waals surface area contributed by atoms with Crippen LogP contribution in [-0.4, -0.2) is 17.4 Å². The fraction of sp³-hybridized carbons (Fsp3) is 0.267. The van der Waals surface area contributed by atoms with Crippen molar-refractivity contribution < 1.29 is 9.21 Å². The predicted molar refractivity (Wildman–Crippen MR) is 75.9 cm³/mol. The Morgan fingerprint density at radius 1 is 1.53 bits per heavy atom. The van der Waals surface area contributed by atoms with Crippen LogP contribution in [0.3, 0.4) is 0 Å². The number of furan rings is 1. The van der Waals surface area contributed by atoms with E-state index in [-0.39, 0.29) is 11.9 Å². The van der Waals surface area contributed by atoms with Crippen molar-refractivity contribution in [2.45, 2.75) is 19.4 Å². The first kappa shape index (κ1) is 12.2. The van der Waals surface area contributed by atoms with Crippen molar-refractivity contribution in [2.75, 3.05) is 6.54 Å². The van der Waals surface area contributed by atoms with Crippen LogP contribution in [0.4, 0.5) is 0 Å². The molecule has 3 heterocycles. The summed E-state index contributed by atoms with van der Waals surface area (Å²) < 4.78 is 5.19. The van der Waals surface area contributed by atoms with Crippen LogP contribution in [0.1, 0.15) is 29.2 Å². The van der Waals surface area contributed by atoms with Crippen LogP contribution >= 0.6 is 11.3 Å². The Morgan fingerprint density at radius 3 is 3.21 bits per heavy atom. The highest BCUT2D eigenvalue weighted by atomic mass is 32.1. The molecular formula is C15H15NO2S. The highest BCUT2D eigenvalue weighted by molar-refractivity contribution is 7.10. The van der Waals surface area contributed by atoms with E-state index in [0.29, 0.717) is 5.76 Å². The molecule has 0 bridgehead atoms. The summed E-state index contributed by atoms with van der Waals surface area (Å²) in [5.41, 5.74) is 1.29. The molecule has 0 spiro atoms.